The summed E-state index contributed by atoms with van der Waals surface area (Å²) in [6.07, 6.45) is -0.205. The quantitative estimate of drug-likeness (QED) is 0.188. The number of rotatable bonds is 5. The smallest absolute Gasteiger partial charge is 0.160 e. The molecule has 2 atom stereocenters. The first-order chi connectivity index (χ1) is 26.8. The average Bonchev–Trinajstić information content (AvgIpc) is 3.75. The Morgan fingerprint density at radius 2 is 1.07 bits per heavy atom. The highest BCUT2D eigenvalue weighted by molar-refractivity contribution is 6.17. The van der Waals surface area contributed by atoms with Crippen LogP contribution < -0.4 is 10.6 Å². The van der Waals surface area contributed by atoms with Crippen LogP contribution in [0.25, 0.3) is 44.1 Å². The second-order valence-corrected chi connectivity index (χ2v) is 14.5. The van der Waals surface area contributed by atoms with E-state index in [1.807, 2.05) is 0 Å². The van der Waals surface area contributed by atoms with Gasteiger partial charge in [-0.3, -0.25) is 5.32 Å². The Bertz CT molecular complexity index is 2780. The van der Waals surface area contributed by atoms with Crippen molar-refractivity contribution >= 4 is 27.5 Å². The lowest BCUT2D eigenvalue weighted by molar-refractivity contribution is 0.417. The molecular formula is C51H37N3. The zero-order valence-electron chi connectivity index (χ0n) is 29.7. The highest BCUT2D eigenvalue weighted by Gasteiger charge is 2.47. The number of hydrogen-bond acceptors (Lipinski definition) is 2. The average molecular weight is 692 g/mol. The number of fused-ring (bicyclic) bond motifs is 8. The van der Waals surface area contributed by atoms with E-state index >= 15 is 0 Å². The molecule has 0 fully saturated rings. The monoisotopic (exact) mass is 691 g/mol. The van der Waals surface area contributed by atoms with Crippen LogP contribution in [0.5, 0.6) is 0 Å². The zero-order chi connectivity index (χ0) is 35.6. The molecule has 1 aromatic heterocycles. The number of nitrogens with zero attached hydrogens (tertiary/aromatic N) is 1. The second kappa shape index (κ2) is 12.2. The Hall–Kier alpha value is -6.68. The largest absolute Gasteiger partial charge is 0.352 e. The molecule has 2 N–H and O–H groups in total. The normalized spacial score (nSPS) is 16.7. The molecule has 3 heteroatoms. The van der Waals surface area contributed by atoms with Gasteiger partial charge in [0.25, 0.3) is 0 Å². The van der Waals surface area contributed by atoms with Crippen LogP contribution in [0.1, 0.15) is 45.7 Å². The minimum absolute atomic E-state index is 0.00699. The van der Waals surface area contributed by atoms with Crippen LogP contribution >= 0.6 is 0 Å². The minimum Gasteiger partial charge on any atom is -0.352 e. The molecule has 0 saturated heterocycles. The van der Waals surface area contributed by atoms with E-state index < -0.39 is 5.41 Å². The van der Waals surface area contributed by atoms with Gasteiger partial charge in [0.05, 0.1) is 22.5 Å². The molecule has 0 bridgehead atoms. The van der Waals surface area contributed by atoms with Gasteiger partial charge in [0.2, 0.25) is 0 Å². The lowest BCUT2D eigenvalue weighted by Gasteiger charge is -2.36. The maximum absolute atomic E-state index is 4.08. The van der Waals surface area contributed by atoms with E-state index in [1.54, 1.807) is 0 Å². The summed E-state index contributed by atoms with van der Waals surface area (Å²) in [5.74, 6) is 0. The number of benzene rings is 8. The standard InChI is InChI=1S/C51H37N3/c1-4-16-34(17-5-1)35-28-30-36(31-29-35)49-40-23-11-14-26-44(40)52-50(53-49)54-45-27-15-12-24-41(45)48-46(54)33-32-43-47(48)39-22-10-13-25-42(39)51(43,37-18-6-2-7-19-37)38-20-8-3-9-21-38/h1-33,49-50,52-53H. The fourth-order valence-electron chi connectivity index (χ4n) is 9.53. The molecule has 0 spiro atoms. The lowest BCUT2D eigenvalue weighted by Crippen LogP contribution is -2.40. The molecule has 3 nitrogen and oxygen atoms in total. The van der Waals surface area contributed by atoms with Crippen LogP contribution in [-0.4, -0.2) is 4.57 Å². The van der Waals surface area contributed by atoms with E-state index in [0.29, 0.717) is 0 Å². The van der Waals surface area contributed by atoms with Crippen molar-refractivity contribution < 1.29 is 0 Å². The Kier molecular flexibility index (Phi) is 6.98. The number of anilines is 1. The molecule has 8 aromatic carbocycles. The van der Waals surface area contributed by atoms with Gasteiger partial charge in [-0.2, -0.15) is 0 Å². The van der Waals surface area contributed by atoms with E-state index in [2.05, 4.69) is 215 Å². The first-order valence-corrected chi connectivity index (χ1v) is 18.8. The number of para-hydroxylation sites is 2. The van der Waals surface area contributed by atoms with Gasteiger partial charge in [-0.05, 0) is 73.8 Å². The third-order valence-corrected chi connectivity index (χ3v) is 11.8. The minimum atomic E-state index is -0.455. The van der Waals surface area contributed by atoms with Crippen molar-refractivity contribution in [2.75, 3.05) is 5.32 Å². The maximum atomic E-state index is 4.08. The summed E-state index contributed by atoms with van der Waals surface area (Å²) < 4.78 is 2.49. The highest BCUT2D eigenvalue weighted by Crippen LogP contribution is 2.59. The lowest BCUT2D eigenvalue weighted by atomic mass is 9.67. The SMILES string of the molecule is c1ccc(-c2ccc(C3NC(n4c5ccccc5c5c6c(ccc54)C(c4ccccc4)(c4ccccc4)c4ccccc4-6)Nc4ccccc43)cc2)cc1. The molecule has 256 valence electrons. The maximum Gasteiger partial charge on any atom is 0.160 e. The predicted molar refractivity (Wildman–Crippen MR) is 223 cm³/mol. The predicted octanol–water partition coefficient (Wildman–Crippen LogP) is 12.1. The van der Waals surface area contributed by atoms with Crippen molar-refractivity contribution in [2.45, 2.75) is 17.7 Å². The Balaban J connectivity index is 1.13. The number of aromatic nitrogens is 1. The molecule has 2 unspecified atom stereocenters. The van der Waals surface area contributed by atoms with Crippen LogP contribution in [-0.2, 0) is 5.41 Å². The van der Waals surface area contributed by atoms with Gasteiger partial charge in [-0.25, -0.2) is 0 Å². The fraction of sp³-hybridized carbons (Fsp3) is 0.0588. The summed E-state index contributed by atoms with van der Waals surface area (Å²) in [7, 11) is 0. The molecule has 0 radical (unpaired) electrons. The molecular weight excluding hydrogens is 655 g/mol. The third-order valence-electron chi connectivity index (χ3n) is 11.8. The van der Waals surface area contributed by atoms with Gasteiger partial charge >= 0.3 is 0 Å². The Labute approximate surface area is 315 Å². The highest BCUT2D eigenvalue weighted by atomic mass is 15.3. The van der Waals surface area contributed by atoms with Crippen molar-refractivity contribution in [3.05, 3.63) is 234 Å². The van der Waals surface area contributed by atoms with Crippen molar-refractivity contribution in [1.82, 2.24) is 9.88 Å². The van der Waals surface area contributed by atoms with Crippen molar-refractivity contribution in [2.24, 2.45) is 0 Å². The van der Waals surface area contributed by atoms with E-state index in [1.165, 1.54) is 77.4 Å². The van der Waals surface area contributed by atoms with Crippen molar-refractivity contribution in [3.8, 4) is 22.3 Å². The van der Waals surface area contributed by atoms with E-state index in [-0.39, 0.29) is 12.3 Å². The van der Waals surface area contributed by atoms with Gasteiger partial charge in [0, 0.05) is 16.5 Å². The Morgan fingerprint density at radius 3 is 1.83 bits per heavy atom. The van der Waals surface area contributed by atoms with Gasteiger partial charge in [-0.15, -0.1) is 0 Å². The van der Waals surface area contributed by atoms with Crippen LogP contribution in [0.3, 0.4) is 0 Å². The van der Waals surface area contributed by atoms with Crippen LogP contribution in [0.2, 0.25) is 0 Å². The topological polar surface area (TPSA) is 29.0 Å². The first kappa shape index (κ1) is 30.9. The van der Waals surface area contributed by atoms with E-state index in [4.69, 9.17) is 0 Å². The third kappa shape index (κ3) is 4.46. The summed E-state index contributed by atoms with van der Waals surface area (Å²) in [5, 5.41) is 10.5. The molecule has 1 aliphatic carbocycles. The molecule has 2 heterocycles. The molecule has 11 rings (SSSR count). The first-order valence-electron chi connectivity index (χ1n) is 18.8. The molecule has 0 saturated carbocycles. The number of hydrogen-bond donors (Lipinski definition) is 2. The molecule has 1 aliphatic heterocycles. The van der Waals surface area contributed by atoms with Gasteiger partial charge < -0.3 is 9.88 Å². The van der Waals surface area contributed by atoms with Crippen molar-refractivity contribution in [1.29, 1.82) is 0 Å². The van der Waals surface area contributed by atoms with Crippen LogP contribution in [0, 0.1) is 0 Å². The van der Waals surface area contributed by atoms with Gasteiger partial charge in [0.15, 0.2) is 6.29 Å². The van der Waals surface area contributed by atoms with E-state index in [9.17, 15) is 0 Å². The summed E-state index contributed by atoms with van der Waals surface area (Å²) in [6.45, 7) is 0. The molecule has 0 amide bonds. The summed E-state index contributed by atoms with van der Waals surface area (Å²) in [6, 6.07) is 73.3. The molecule has 54 heavy (non-hydrogen) atoms. The van der Waals surface area contributed by atoms with Crippen LogP contribution in [0.15, 0.2) is 200 Å². The summed E-state index contributed by atoms with van der Waals surface area (Å²) in [4.78, 5) is 0. The second-order valence-electron chi connectivity index (χ2n) is 14.5. The van der Waals surface area contributed by atoms with Gasteiger partial charge in [-0.1, -0.05) is 182 Å². The van der Waals surface area contributed by atoms with Gasteiger partial charge in [0.1, 0.15) is 0 Å². The number of nitrogens with one attached hydrogen (secondary N) is 2. The fourth-order valence-corrected chi connectivity index (χ4v) is 9.53. The molecule has 2 aliphatic rings. The van der Waals surface area contributed by atoms with Crippen molar-refractivity contribution in [3.63, 3.8) is 0 Å². The molecule has 9 aromatic rings. The van der Waals surface area contributed by atoms with E-state index in [0.717, 1.165) is 5.69 Å². The summed E-state index contributed by atoms with van der Waals surface area (Å²) in [5.41, 5.74) is 15.8. The summed E-state index contributed by atoms with van der Waals surface area (Å²) >= 11 is 0. The van der Waals surface area contributed by atoms with Crippen LogP contribution in [0.4, 0.5) is 5.69 Å². The zero-order valence-corrected chi connectivity index (χ0v) is 29.7. The Morgan fingerprint density at radius 1 is 0.463 bits per heavy atom.